The molecule has 10 nitrogen and oxygen atoms in total. The molecule has 0 spiro atoms. The van der Waals surface area contributed by atoms with Crippen LogP contribution in [0.15, 0.2) is 87.2 Å². The number of ether oxygens (including phenoxy) is 1. The first kappa shape index (κ1) is 21.5. The van der Waals surface area contributed by atoms with E-state index in [0.717, 1.165) is 0 Å². The van der Waals surface area contributed by atoms with Gasteiger partial charge in [0.25, 0.3) is 10.0 Å². The molecule has 0 atom stereocenters. The zero-order chi connectivity index (χ0) is 23.9. The zero-order valence-electron chi connectivity index (χ0n) is 18.2. The van der Waals surface area contributed by atoms with Crippen LogP contribution in [0.2, 0.25) is 0 Å². The molecule has 0 aliphatic heterocycles. The predicted octanol–water partition coefficient (Wildman–Crippen LogP) is 3.61. The van der Waals surface area contributed by atoms with E-state index in [-0.39, 0.29) is 4.90 Å². The van der Waals surface area contributed by atoms with Crippen molar-refractivity contribution < 1.29 is 17.6 Å². The Kier molecular flexibility index (Phi) is 5.17. The van der Waals surface area contributed by atoms with Crippen molar-refractivity contribution in [2.45, 2.75) is 11.8 Å². The van der Waals surface area contributed by atoms with Crippen LogP contribution in [-0.2, 0) is 17.1 Å². The Morgan fingerprint density at radius 2 is 1.74 bits per heavy atom. The average molecular weight is 478 g/mol. The molecule has 2 aromatic carbocycles. The zero-order valence-corrected chi connectivity index (χ0v) is 19.0. The van der Waals surface area contributed by atoms with Gasteiger partial charge in [0.05, 0.1) is 10.4 Å². The lowest BCUT2D eigenvalue weighted by atomic mass is 10.3. The molecule has 0 fully saturated rings. The summed E-state index contributed by atoms with van der Waals surface area (Å²) in [6.45, 7) is 1.77. The number of benzene rings is 2. The van der Waals surface area contributed by atoms with Crippen LogP contribution < -0.4 is 15.2 Å². The van der Waals surface area contributed by atoms with Gasteiger partial charge in [-0.1, -0.05) is 0 Å². The first-order valence-corrected chi connectivity index (χ1v) is 11.7. The SMILES string of the molecule is Cc1nc(Oc2ccc(NS(=O)(=O)c3ccc4oc(=O)n(C)c4c3)cc2)cc(-n2cccc2)n1. The molecule has 1 N–H and O–H groups in total. The number of oxazole rings is 1. The molecule has 0 saturated heterocycles. The van der Waals surface area contributed by atoms with Crippen LogP contribution >= 0.6 is 0 Å². The van der Waals surface area contributed by atoms with Gasteiger partial charge >= 0.3 is 5.76 Å². The summed E-state index contributed by atoms with van der Waals surface area (Å²) >= 11 is 0. The van der Waals surface area contributed by atoms with E-state index in [1.807, 2.05) is 29.1 Å². The summed E-state index contributed by atoms with van der Waals surface area (Å²) in [4.78, 5) is 20.4. The highest BCUT2D eigenvalue weighted by Gasteiger charge is 2.17. The van der Waals surface area contributed by atoms with Gasteiger partial charge < -0.3 is 13.7 Å². The van der Waals surface area contributed by atoms with Crippen LogP contribution in [0.25, 0.3) is 16.9 Å². The molecule has 0 unspecified atom stereocenters. The van der Waals surface area contributed by atoms with E-state index in [1.165, 1.54) is 29.8 Å². The Morgan fingerprint density at radius 1 is 1.00 bits per heavy atom. The number of nitrogens with one attached hydrogen (secondary N) is 1. The molecule has 5 aromatic rings. The van der Waals surface area contributed by atoms with E-state index in [2.05, 4.69) is 14.7 Å². The summed E-state index contributed by atoms with van der Waals surface area (Å²) < 4.78 is 42.2. The molecule has 34 heavy (non-hydrogen) atoms. The standard InChI is InChI=1S/C23H19N5O5S/c1-15-24-21(28-11-3-4-12-28)14-22(25-15)32-17-7-5-16(6-8-17)26-34(30,31)18-9-10-20-19(13-18)27(2)23(29)33-20/h3-14,26H,1-2H3. The second-order valence-corrected chi connectivity index (χ2v) is 9.17. The third-order valence-corrected chi connectivity index (χ3v) is 6.45. The highest BCUT2D eigenvalue weighted by Crippen LogP contribution is 2.25. The van der Waals surface area contributed by atoms with Crippen LogP contribution in [0.1, 0.15) is 5.82 Å². The van der Waals surface area contributed by atoms with Crippen molar-refractivity contribution in [1.29, 1.82) is 0 Å². The summed E-state index contributed by atoms with van der Waals surface area (Å²) in [7, 11) is -2.38. The Morgan fingerprint density at radius 3 is 2.47 bits per heavy atom. The van der Waals surface area contributed by atoms with Crippen molar-refractivity contribution in [3.05, 3.63) is 89.4 Å². The average Bonchev–Trinajstić information content (AvgIpc) is 3.43. The minimum Gasteiger partial charge on any atom is -0.439 e. The van der Waals surface area contributed by atoms with E-state index < -0.39 is 15.8 Å². The van der Waals surface area contributed by atoms with E-state index >= 15 is 0 Å². The van der Waals surface area contributed by atoms with Crippen LogP contribution in [0.4, 0.5) is 5.69 Å². The summed E-state index contributed by atoms with van der Waals surface area (Å²) in [5.74, 6) is 1.51. The number of hydrogen-bond acceptors (Lipinski definition) is 7. The van der Waals surface area contributed by atoms with Crippen molar-refractivity contribution in [3.8, 4) is 17.4 Å². The van der Waals surface area contributed by atoms with Gasteiger partial charge in [-0.3, -0.25) is 9.29 Å². The summed E-state index contributed by atoms with van der Waals surface area (Å²) in [6.07, 6.45) is 3.74. The lowest BCUT2D eigenvalue weighted by molar-refractivity contribution is 0.459. The largest absolute Gasteiger partial charge is 0.439 e. The number of fused-ring (bicyclic) bond motifs is 1. The number of anilines is 1. The molecule has 3 heterocycles. The highest BCUT2D eigenvalue weighted by molar-refractivity contribution is 7.92. The van der Waals surface area contributed by atoms with E-state index in [1.54, 1.807) is 37.3 Å². The van der Waals surface area contributed by atoms with Crippen LogP contribution in [-0.4, -0.2) is 27.5 Å². The molecule has 172 valence electrons. The minimum absolute atomic E-state index is 0.00530. The van der Waals surface area contributed by atoms with Gasteiger partial charge in [-0.25, -0.2) is 18.2 Å². The van der Waals surface area contributed by atoms with Crippen molar-refractivity contribution in [2.75, 3.05) is 4.72 Å². The van der Waals surface area contributed by atoms with Gasteiger partial charge in [-0.2, -0.15) is 4.98 Å². The summed E-state index contributed by atoms with van der Waals surface area (Å²) in [6, 6.07) is 16.2. The van der Waals surface area contributed by atoms with Gasteiger partial charge in [-0.05, 0) is 61.5 Å². The first-order chi connectivity index (χ1) is 16.3. The fraction of sp³-hybridized carbons (Fsp3) is 0.0870. The Balaban J connectivity index is 1.35. The molecular weight excluding hydrogens is 458 g/mol. The second kappa shape index (κ2) is 8.19. The molecule has 3 aromatic heterocycles. The molecule has 5 rings (SSSR count). The van der Waals surface area contributed by atoms with Crippen molar-refractivity contribution in [3.63, 3.8) is 0 Å². The number of aromatic nitrogens is 4. The molecule has 0 radical (unpaired) electrons. The fourth-order valence-corrected chi connectivity index (χ4v) is 4.47. The summed E-state index contributed by atoms with van der Waals surface area (Å²) in [5.41, 5.74) is 1.05. The maximum absolute atomic E-state index is 12.8. The van der Waals surface area contributed by atoms with Gasteiger partial charge in [0.1, 0.15) is 17.4 Å². The van der Waals surface area contributed by atoms with Crippen molar-refractivity contribution in [2.24, 2.45) is 7.05 Å². The van der Waals surface area contributed by atoms with Gasteiger partial charge in [-0.15, -0.1) is 0 Å². The van der Waals surface area contributed by atoms with Crippen LogP contribution in [0.3, 0.4) is 0 Å². The molecule has 0 aliphatic rings. The topological polar surface area (TPSA) is 121 Å². The smallest absolute Gasteiger partial charge is 0.419 e. The molecule has 0 amide bonds. The molecule has 0 bridgehead atoms. The number of rotatable bonds is 6. The van der Waals surface area contributed by atoms with Gasteiger partial charge in [0.2, 0.25) is 5.88 Å². The Bertz CT molecular complexity index is 1650. The van der Waals surface area contributed by atoms with Crippen LogP contribution in [0.5, 0.6) is 11.6 Å². The monoisotopic (exact) mass is 477 g/mol. The third-order valence-electron chi connectivity index (χ3n) is 5.07. The fourth-order valence-electron chi connectivity index (χ4n) is 3.40. The quantitative estimate of drug-likeness (QED) is 0.396. The Hall–Kier alpha value is -4.38. The molecular formula is C23H19N5O5S. The van der Waals surface area contributed by atoms with Crippen LogP contribution in [0, 0.1) is 6.92 Å². The summed E-state index contributed by atoms with van der Waals surface area (Å²) in [5, 5.41) is 0. The maximum Gasteiger partial charge on any atom is 0.419 e. The highest BCUT2D eigenvalue weighted by atomic mass is 32.2. The lowest BCUT2D eigenvalue weighted by Gasteiger charge is -2.11. The normalized spacial score (nSPS) is 11.6. The van der Waals surface area contributed by atoms with E-state index in [9.17, 15) is 13.2 Å². The first-order valence-electron chi connectivity index (χ1n) is 10.2. The van der Waals surface area contributed by atoms with E-state index in [0.29, 0.717) is 40.1 Å². The number of sulfonamides is 1. The number of aryl methyl sites for hydroxylation is 2. The minimum atomic E-state index is -3.89. The maximum atomic E-state index is 12.8. The second-order valence-electron chi connectivity index (χ2n) is 7.49. The third kappa shape index (κ3) is 4.16. The van der Waals surface area contributed by atoms with Gasteiger partial charge in [0.15, 0.2) is 5.58 Å². The van der Waals surface area contributed by atoms with Crippen molar-refractivity contribution >= 4 is 26.8 Å². The predicted molar refractivity (Wildman–Crippen MR) is 125 cm³/mol. The molecule has 11 heteroatoms. The molecule has 0 saturated carbocycles. The van der Waals surface area contributed by atoms with E-state index in [4.69, 9.17) is 9.15 Å². The number of hydrogen-bond donors (Lipinski definition) is 1. The van der Waals surface area contributed by atoms with Gasteiger partial charge in [0, 0.05) is 31.2 Å². The number of nitrogens with zero attached hydrogens (tertiary/aromatic N) is 4. The lowest BCUT2D eigenvalue weighted by Crippen LogP contribution is -2.13. The Labute approximate surface area is 194 Å². The van der Waals surface area contributed by atoms with Crippen molar-refractivity contribution in [1.82, 2.24) is 19.1 Å². The molecule has 0 aliphatic carbocycles.